The maximum absolute atomic E-state index is 11.5. The molecule has 0 unspecified atom stereocenters. The van der Waals surface area contributed by atoms with E-state index in [1.54, 1.807) is 0 Å². The first kappa shape index (κ1) is 22.8. The molecule has 25 heavy (non-hydrogen) atoms. The van der Waals surface area contributed by atoms with Crippen LogP contribution in [0.3, 0.4) is 0 Å². The second kappa shape index (κ2) is 8.22. The van der Waals surface area contributed by atoms with Gasteiger partial charge in [0.15, 0.2) is 0 Å². The summed E-state index contributed by atoms with van der Waals surface area (Å²) in [7, 11) is -8.55. The van der Waals surface area contributed by atoms with Gasteiger partial charge in [0.1, 0.15) is 21.6 Å². The van der Waals surface area contributed by atoms with E-state index in [1.165, 1.54) is 0 Å². The molecule has 2 aromatic rings. The van der Waals surface area contributed by atoms with Gasteiger partial charge in [0.05, 0.1) is 34.0 Å². The predicted molar refractivity (Wildman–Crippen MR) is 88.4 cm³/mol. The van der Waals surface area contributed by atoms with Gasteiger partial charge in [-0.05, 0) is 12.1 Å². The van der Waals surface area contributed by atoms with Crippen molar-refractivity contribution in [2.45, 2.75) is 4.90 Å². The summed E-state index contributed by atoms with van der Waals surface area (Å²) in [5, 5.41) is 3.29. The third-order valence-corrected chi connectivity index (χ3v) is 4.60. The molecule has 14 heteroatoms. The standard InChI is InChI=1S/C11H8Cl2N4O5S2.K.H2/c1-14-9-5-15-17(11(9)16-23(2,18)19)10-7(12)3-6(4-8(10)13)24(20,21)22;;/h3-5,16H,2H3,(H,20,21,22);;1H/q;+1;/p-1. The number of halogens is 2. The molecule has 1 aromatic heterocycles. The molecule has 0 aliphatic carbocycles. The Morgan fingerprint density at radius 1 is 1.28 bits per heavy atom. The monoisotopic (exact) mass is 450 g/mol. The Morgan fingerprint density at radius 3 is 2.20 bits per heavy atom. The van der Waals surface area contributed by atoms with Gasteiger partial charge in [0.25, 0.3) is 0 Å². The summed E-state index contributed by atoms with van der Waals surface area (Å²) in [6.45, 7) is 7.04. The van der Waals surface area contributed by atoms with Crippen molar-refractivity contribution in [1.82, 2.24) is 9.78 Å². The number of aromatic nitrogens is 2. The van der Waals surface area contributed by atoms with Gasteiger partial charge >= 0.3 is 51.4 Å². The van der Waals surface area contributed by atoms with Crippen LogP contribution in [0.4, 0.5) is 11.5 Å². The molecule has 130 valence electrons. The van der Waals surface area contributed by atoms with Crippen LogP contribution in [0.2, 0.25) is 10.0 Å². The number of nitrogens with one attached hydrogen (secondary N) is 1. The summed E-state index contributed by atoms with van der Waals surface area (Å²) in [6.07, 6.45) is 1.94. The molecule has 0 radical (unpaired) electrons. The molecule has 0 saturated heterocycles. The molecule has 0 fully saturated rings. The fourth-order valence-electron chi connectivity index (χ4n) is 1.75. The molecule has 0 spiro atoms. The fraction of sp³-hybridized carbons (Fsp3) is 0.0909. The molecule has 0 atom stereocenters. The van der Waals surface area contributed by atoms with E-state index in [0.717, 1.165) is 29.3 Å². The van der Waals surface area contributed by atoms with Gasteiger partial charge in [0, 0.05) is 1.43 Å². The van der Waals surface area contributed by atoms with E-state index in [2.05, 4.69) is 14.7 Å². The van der Waals surface area contributed by atoms with Gasteiger partial charge in [0.2, 0.25) is 15.7 Å². The number of nitrogens with zero attached hydrogens (tertiary/aromatic N) is 3. The SMILES string of the molecule is [C-]#[N+]c1cnn(-c2c(Cl)cc(S(=O)(=O)[O-])cc2Cl)c1NS(C)(=O)=O.[HH].[K+]. The minimum Gasteiger partial charge on any atom is -0.744 e. The first-order valence-corrected chi connectivity index (χ1v) is 9.88. The Labute approximate surface area is 197 Å². The molecular weight excluding hydrogens is 442 g/mol. The molecule has 1 aromatic carbocycles. The van der Waals surface area contributed by atoms with Crippen molar-refractivity contribution >= 4 is 54.8 Å². The zero-order valence-corrected chi connectivity index (χ0v) is 19.0. The van der Waals surface area contributed by atoms with Crippen molar-refractivity contribution in [1.29, 1.82) is 0 Å². The molecule has 0 aliphatic heterocycles. The van der Waals surface area contributed by atoms with Crippen molar-refractivity contribution in [3.05, 3.63) is 39.8 Å². The van der Waals surface area contributed by atoms with Crippen LogP contribution in [0.1, 0.15) is 1.43 Å². The van der Waals surface area contributed by atoms with Gasteiger partial charge in [-0.2, -0.15) is 5.10 Å². The summed E-state index contributed by atoms with van der Waals surface area (Å²) < 4.78 is 59.2. The average molecular weight is 451 g/mol. The summed E-state index contributed by atoms with van der Waals surface area (Å²) in [5.74, 6) is -0.228. The third-order valence-electron chi connectivity index (χ3n) is 2.64. The minimum atomic E-state index is -4.79. The fourth-order valence-corrected chi connectivity index (χ4v) is 3.59. The first-order chi connectivity index (χ1) is 10.9. The maximum Gasteiger partial charge on any atom is 1.00 e. The first-order valence-electron chi connectivity index (χ1n) is 5.82. The van der Waals surface area contributed by atoms with Gasteiger partial charge in [-0.3, -0.25) is 4.72 Å². The molecule has 9 nitrogen and oxygen atoms in total. The minimum absolute atomic E-state index is 0. The van der Waals surface area contributed by atoms with Crippen LogP contribution >= 0.6 is 23.2 Å². The van der Waals surface area contributed by atoms with Crippen LogP contribution in [-0.2, 0) is 20.1 Å². The molecule has 0 saturated carbocycles. The Balaban J connectivity index is 0.00000312. The van der Waals surface area contributed by atoms with Crippen LogP contribution in [0.15, 0.2) is 23.2 Å². The van der Waals surface area contributed by atoms with Gasteiger partial charge in [-0.25, -0.2) is 26.4 Å². The second-order valence-electron chi connectivity index (χ2n) is 4.47. The van der Waals surface area contributed by atoms with Crippen LogP contribution < -0.4 is 56.1 Å². The van der Waals surface area contributed by atoms with E-state index < -0.39 is 25.0 Å². The smallest absolute Gasteiger partial charge is 0.744 e. The average Bonchev–Trinajstić information content (AvgIpc) is 2.77. The maximum atomic E-state index is 11.5. The zero-order chi connectivity index (χ0) is 18.3. The van der Waals surface area contributed by atoms with Gasteiger partial charge in [-0.15, -0.1) is 0 Å². The van der Waals surface area contributed by atoms with Crippen LogP contribution in [0, 0.1) is 6.57 Å². The quantitative estimate of drug-likeness (QED) is 0.371. The topological polar surface area (TPSA) is 126 Å². The van der Waals surface area contributed by atoms with Crippen molar-refractivity contribution in [3.8, 4) is 5.69 Å². The van der Waals surface area contributed by atoms with Crippen molar-refractivity contribution in [2.75, 3.05) is 11.0 Å². The summed E-state index contributed by atoms with van der Waals surface area (Å²) in [6, 6.07) is 1.71. The Bertz CT molecular complexity index is 1060. The number of hydrogen-bond acceptors (Lipinski definition) is 6. The van der Waals surface area contributed by atoms with E-state index in [0.29, 0.717) is 0 Å². The Morgan fingerprint density at radius 2 is 1.80 bits per heavy atom. The Hall–Kier alpha value is -0.204. The van der Waals surface area contributed by atoms with Gasteiger partial charge in [-0.1, -0.05) is 23.2 Å². The number of rotatable bonds is 4. The third kappa shape index (κ3) is 5.39. The normalized spacial score (nSPS) is 11.5. The van der Waals surface area contributed by atoms with Crippen LogP contribution in [0.25, 0.3) is 10.5 Å². The van der Waals surface area contributed by atoms with Crippen molar-refractivity contribution in [3.63, 3.8) is 0 Å². The molecule has 0 bridgehead atoms. The van der Waals surface area contributed by atoms with Crippen molar-refractivity contribution in [2.24, 2.45) is 0 Å². The number of sulfonamides is 1. The summed E-state index contributed by atoms with van der Waals surface area (Å²) in [5.41, 5.74) is -0.222. The second-order valence-corrected chi connectivity index (χ2v) is 8.41. The molecule has 1 heterocycles. The zero-order valence-electron chi connectivity index (χ0n) is 12.7. The largest absolute Gasteiger partial charge is 1.00 e. The number of hydrogen-bond donors (Lipinski definition) is 1. The van der Waals surface area contributed by atoms with E-state index in [1.807, 2.05) is 0 Å². The number of benzene rings is 1. The van der Waals surface area contributed by atoms with Crippen LogP contribution in [-0.4, -0.2) is 37.4 Å². The van der Waals surface area contributed by atoms with E-state index in [4.69, 9.17) is 29.8 Å². The van der Waals surface area contributed by atoms with Crippen LogP contribution in [0.5, 0.6) is 0 Å². The van der Waals surface area contributed by atoms with E-state index in [-0.39, 0.29) is 80.0 Å². The molecule has 1 N–H and O–H groups in total. The predicted octanol–water partition coefficient (Wildman–Crippen LogP) is -0.745. The molecule has 0 amide bonds. The Kier molecular flexibility index (Phi) is 7.51. The van der Waals surface area contributed by atoms with E-state index in [9.17, 15) is 21.4 Å². The summed E-state index contributed by atoms with van der Waals surface area (Å²) in [4.78, 5) is 2.47. The summed E-state index contributed by atoms with van der Waals surface area (Å²) >= 11 is 11.9. The van der Waals surface area contributed by atoms with Crippen molar-refractivity contribution < 1.29 is 74.2 Å². The molecule has 2 rings (SSSR count). The van der Waals surface area contributed by atoms with Gasteiger partial charge < -0.3 is 4.55 Å². The van der Waals surface area contributed by atoms with E-state index >= 15 is 0 Å². The molecule has 0 aliphatic rings. The molecular formula is C11H9Cl2KN4O5S2. The number of anilines is 1.